The lowest BCUT2D eigenvalue weighted by molar-refractivity contribution is -0.0652. The van der Waals surface area contributed by atoms with Crippen molar-refractivity contribution in [2.75, 3.05) is 0 Å². The molecule has 0 amide bonds. The molecule has 2 fully saturated rings. The molecule has 44 heavy (non-hydrogen) atoms. The van der Waals surface area contributed by atoms with Gasteiger partial charge in [0.25, 0.3) is 0 Å². The molecular weight excluding hydrogens is 534 g/mol. The molecule has 0 spiro atoms. The first-order valence-electron chi connectivity index (χ1n) is 19.8. The van der Waals surface area contributed by atoms with Gasteiger partial charge < -0.3 is 4.74 Å². The smallest absolute Gasteiger partial charge is 0.119 e. The highest BCUT2D eigenvalue weighted by atomic mass is 16.5. The van der Waals surface area contributed by atoms with Crippen molar-refractivity contribution in [1.29, 1.82) is 0 Å². The molecule has 2 heteroatoms. The van der Waals surface area contributed by atoms with Gasteiger partial charge in [0.1, 0.15) is 5.72 Å². The topological polar surface area (TPSA) is 21.3 Å². The van der Waals surface area contributed by atoms with Crippen molar-refractivity contribution in [2.24, 2.45) is 0 Å². The van der Waals surface area contributed by atoms with Crippen LogP contribution in [0.5, 0.6) is 0 Å². The number of fused-ring (bicyclic) bond motifs is 1. The largest absolute Gasteiger partial charge is 0.356 e. The average Bonchev–Trinajstić information content (AvgIpc) is 3.60. The van der Waals surface area contributed by atoms with Gasteiger partial charge >= 0.3 is 0 Å². The van der Waals surface area contributed by atoms with E-state index in [0.29, 0.717) is 12.1 Å². The van der Waals surface area contributed by atoms with E-state index in [1.165, 1.54) is 173 Å². The molecule has 2 atom stereocenters. The molecule has 2 unspecified atom stereocenters. The number of ether oxygens (including phenoxy) is 1. The first-order chi connectivity index (χ1) is 21.8. The Labute approximate surface area is 276 Å². The summed E-state index contributed by atoms with van der Waals surface area (Å²) in [5, 5.41) is 4.02. The first-order valence-corrected chi connectivity index (χ1v) is 19.8. The van der Waals surface area contributed by atoms with Crippen LogP contribution in [0.25, 0.3) is 0 Å². The Hall–Kier alpha value is -1.12. The maximum atomic E-state index is 6.79. The van der Waals surface area contributed by atoms with E-state index in [9.17, 15) is 0 Å². The Morgan fingerprint density at radius 3 is 1.34 bits per heavy atom. The van der Waals surface area contributed by atoms with E-state index >= 15 is 0 Å². The molecule has 1 saturated carbocycles. The van der Waals surface area contributed by atoms with Gasteiger partial charge in [-0.2, -0.15) is 0 Å². The van der Waals surface area contributed by atoms with E-state index in [0.717, 1.165) is 12.8 Å². The second-order valence-electron chi connectivity index (χ2n) is 14.0. The molecule has 2 nitrogen and oxygen atoms in total. The zero-order valence-corrected chi connectivity index (χ0v) is 29.7. The summed E-state index contributed by atoms with van der Waals surface area (Å²) in [5.74, 6) is 0. The highest BCUT2D eigenvalue weighted by Gasteiger charge is 2.46. The summed E-state index contributed by atoms with van der Waals surface area (Å²) in [5.41, 5.74) is -0.0137. The predicted octanol–water partition coefficient (Wildman–Crippen LogP) is 13.6. The van der Waals surface area contributed by atoms with E-state index in [1.54, 1.807) is 0 Å². The van der Waals surface area contributed by atoms with Crippen LogP contribution in [0.1, 0.15) is 200 Å². The van der Waals surface area contributed by atoms with E-state index < -0.39 is 0 Å². The second-order valence-corrected chi connectivity index (χ2v) is 14.0. The molecule has 1 aliphatic heterocycles. The lowest BCUT2D eigenvalue weighted by Gasteiger charge is -2.31. The molecule has 0 aromatic carbocycles. The molecule has 0 aromatic heterocycles. The number of allylic oxidation sites excluding steroid dienone is 8. The SMILES string of the molecule is CCCCCC=CCC=CCCCCCCCCC1(CCCCCCCCC=CCC=CCCCCC)NC2CCCC2O1. The molecule has 1 heterocycles. The maximum Gasteiger partial charge on any atom is 0.119 e. The Morgan fingerprint density at radius 1 is 0.500 bits per heavy atom. The number of unbranched alkanes of at least 4 members (excludes halogenated alkanes) is 18. The second kappa shape index (κ2) is 28.1. The molecule has 2 aliphatic rings. The van der Waals surface area contributed by atoms with Gasteiger partial charge in [-0.3, -0.25) is 5.32 Å². The van der Waals surface area contributed by atoms with Gasteiger partial charge in [-0.15, -0.1) is 0 Å². The Bertz CT molecular complexity index is 687. The highest BCUT2D eigenvalue weighted by molar-refractivity contribution is 4.98. The van der Waals surface area contributed by atoms with E-state index in [-0.39, 0.29) is 5.72 Å². The van der Waals surface area contributed by atoms with Gasteiger partial charge in [0.05, 0.1) is 6.10 Å². The van der Waals surface area contributed by atoms with Gasteiger partial charge in [-0.05, 0) is 109 Å². The lowest BCUT2D eigenvalue weighted by Crippen LogP contribution is -2.44. The van der Waals surface area contributed by atoms with E-state index in [1.807, 2.05) is 0 Å². The van der Waals surface area contributed by atoms with Gasteiger partial charge in [-0.25, -0.2) is 0 Å². The molecule has 0 radical (unpaired) electrons. The van der Waals surface area contributed by atoms with Gasteiger partial charge in [-0.1, -0.05) is 140 Å². The van der Waals surface area contributed by atoms with Crippen molar-refractivity contribution in [3.8, 4) is 0 Å². The Kier molecular flexibility index (Phi) is 25.0. The molecule has 0 aromatic rings. The maximum absolute atomic E-state index is 6.79. The molecule has 1 aliphatic carbocycles. The van der Waals surface area contributed by atoms with Crippen LogP contribution in [0.2, 0.25) is 0 Å². The third kappa shape index (κ3) is 20.1. The van der Waals surface area contributed by atoms with Crippen LogP contribution in [0.15, 0.2) is 48.6 Å². The molecule has 254 valence electrons. The fraction of sp³-hybridized carbons (Fsp3) is 0.810. The Balaban J connectivity index is 1.46. The third-order valence-corrected chi connectivity index (χ3v) is 9.84. The summed E-state index contributed by atoms with van der Waals surface area (Å²) in [7, 11) is 0. The van der Waals surface area contributed by atoms with Crippen LogP contribution in [-0.2, 0) is 4.74 Å². The number of rotatable bonds is 30. The fourth-order valence-electron chi connectivity index (χ4n) is 7.08. The summed E-state index contributed by atoms with van der Waals surface area (Å²) in [4.78, 5) is 0. The van der Waals surface area contributed by atoms with E-state index in [2.05, 4.69) is 67.8 Å². The van der Waals surface area contributed by atoms with E-state index in [4.69, 9.17) is 4.74 Å². The van der Waals surface area contributed by atoms with Crippen LogP contribution in [-0.4, -0.2) is 17.9 Å². The van der Waals surface area contributed by atoms with Crippen LogP contribution in [0, 0.1) is 0 Å². The van der Waals surface area contributed by atoms with Crippen molar-refractivity contribution in [2.45, 2.75) is 218 Å². The van der Waals surface area contributed by atoms with Crippen molar-refractivity contribution in [1.82, 2.24) is 5.32 Å². The quantitative estimate of drug-likeness (QED) is 0.0646. The van der Waals surface area contributed by atoms with Crippen LogP contribution in [0.3, 0.4) is 0 Å². The molecule has 2 rings (SSSR count). The number of hydrogen-bond donors (Lipinski definition) is 1. The Morgan fingerprint density at radius 2 is 0.909 bits per heavy atom. The summed E-state index contributed by atoms with van der Waals surface area (Å²) < 4.78 is 6.79. The minimum absolute atomic E-state index is 0.0137. The first kappa shape index (κ1) is 39.1. The zero-order chi connectivity index (χ0) is 31.2. The highest BCUT2D eigenvalue weighted by Crippen LogP contribution is 2.38. The average molecular weight is 610 g/mol. The van der Waals surface area contributed by atoms with Gasteiger partial charge in [0, 0.05) is 6.04 Å². The van der Waals surface area contributed by atoms with Crippen molar-refractivity contribution in [3.63, 3.8) is 0 Å². The monoisotopic (exact) mass is 610 g/mol. The molecule has 1 saturated heterocycles. The van der Waals surface area contributed by atoms with Crippen molar-refractivity contribution in [3.05, 3.63) is 48.6 Å². The molecular formula is C42H75NO. The third-order valence-electron chi connectivity index (χ3n) is 9.84. The standard InChI is InChI=1S/C42H75NO/c1-3-5-7-9-11-13-15-17-19-21-23-25-27-29-31-33-38-42(43-40-36-35-37-41(40)44-42)39-34-32-30-28-26-24-22-20-18-16-14-12-10-8-6-4-2/h11-14,17-20,40-41,43H,3-10,15-16,21-39H2,1-2H3. The van der Waals surface area contributed by atoms with Crippen LogP contribution in [0.4, 0.5) is 0 Å². The van der Waals surface area contributed by atoms with Crippen molar-refractivity contribution < 1.29 is 4.74 Å². The van der Waals surface area contributed by atoms with Crippen LogP contribution >= 0.6 is 0 Å². The summed E-state index contributed by atoms with van der Waals surface area (Å²) >= 11 is 0. The minimum atomic E-state index is -0.0137. The summed E-state index contributed by atoms with van der Waals surface area (Å²) in [6.45, 7) is 4.55. The lowest BCUT2D eigenvalue weighted by atomic mass is 9.96. The normalized spacial score (nSPS) is 22.1. The van der Waals surface area contributed by atoms with Gasteiger partial charge in [0.15, 0.2) is 0 Å². The van der Waals surface area contributed by atoms with Crippen molar-refractivity contribution >= 4 is 0 Å². The summed E-state index contributed by atoms with van der Waals surface area (Å²) in [6, 6.07) is 0.629. The van der Waals surface area contributed by atoms with Gasteiger partial charge in [0.2, 0.25) is 0 Å². The minimum Gasteiger partial charge on any atom is -0.356 e. The number of nitrogens with one attached hydrogen (secondary N) is 1. The number of hydrogen-bond acceptors (Lipinski definition) is 2. The fourth-order valence-corrected chi connectivity index (χ4v) is 7.08. The molecule has 0 bridgehead atoms. The zero-order valence-electron chi connectivity index (χ0n) is 29.7. The van der Waals surface area contributed by atoms with Crippen LogP contribution < -0.4 is 5.32 Å². The predicted molar refractivity (Wildman–Crippen MR) is 196 cm³/mol. The summed E-state index contributed by atoms with van der Waals surface area (Å²) in [6.07, 6.45) is 57.4. The molecule has 1 N–H and O–H groups in total.